The van der Waals surface area contributed by atoms with Crippen LogP contribution in [0.2, 0.25) is 0 Å². The van der Waals surface area contributed by atoms with Gasteiger partial charge in [-0.3, -0.25) is 0 Å². The summed E-state index contributed by atoms with van der Waals surface area (Å²) in [6.07, 6.45) is -2.46. The molecule has 0 aliphatic carbocycles. The van der Waals surface area contributed by atoms with E-state index in [2.05, 4.69) is 0 Å². The van der Waals surface area contributed by atoms with Crippen molar-refractivity contribution >= 4 is 49.7 Å². The van der Waals surface area contributed by atoms with Crippen LogP contribution in [0, 0.1) is 0 Å². The van der Waals surface area contributed by atoms with Crippen molar-refractivity contribution in [2.45, 2.75) is 26.1 Å². The van der Waals surface area contributed by atoms with Gasteiger partial charge in [0.25, 0.3) is 0 Å². The third-order valence-corrected chi connectivity index (χ3v) is 0.715. The molecule has 0 bridgehead atoms. The average Bonchev–Trinajstić information content (AvgIpc) is 1.88. The molecule has 13 heavy (non-hydrogen) atoms. The van der Waals surface area contributed by atoms with Crippen LogP contribution in [0.5, 0.6) is 0 Å². The molecule has 0 aromatic rings. The summed E-state index contributed by atoms with van der Waals surface area (Å²) in [6, 6.07) is 0. The molecule has 0 aromatic carbocycles. The van der Waals surface area contributed by atoms with Crippen LogP contribution in [-0.2, 0) is 9.59 Å². The van der Waals surface area contributed by atoms with E-state index in [1.165, 1.54) is 13.8 Å². The second kappa shape index (κ2) is 10.2. The van der Waals surface area contributed by atoms with Gasteiger partial charge in [-0.1, -0.05) is 0 Å². The molecule has 4 N–H and O–H groups in total. The van der Waals surface area contributed by atoms with E-state index in [4.69, 9.17) is 20.4 Å². The summed E-state index contributed by atoms with van der Waals surface area (Å²) < 4.78 is 0. The molecule has 0 heterocycles. The van der Waals surface area contributed by atoms with Gasteiger partial charge in [-0.2, -0.15) is 0 Å². The second-order valence-electron chi connectivity index (χ2n) is 2.03. The fourth-order valence-corrected chi connectivity index (χ4v) is 0. The van der Waals surface area contributed by atoms with E-state index < -0.39 is 24.1 Å². The molecule has 0 saturated heterocycles. The van der Waals surface area contributed by atoms with Gasteiger partial charge in [-0.15, -0.1) is 0 Å². The largest absolute Gasteiger partial charge is 0.479 e. The molecule has 0 saturated carbocycles. The Morgan fingerprint density at radius 1 is 0.923 bits per heavy atom. The van der Waals surface area contributed by atoms with Crippen molar-refractivity contribution in [1.82, 2.24) is 0 Å². The maximum absolute atomic E-state index is 9.45. The summed E-state index contributed by atoms with van der Waals surface area (Å²) in [5.74, 6) is -2.37. The van der Waals surface area contributed by atoms with Gasteiger partial charge in [0.1, 0.15) is 12.2 Å². The SMILES string of the molecule is C[C@H](O)C(=O)O.C[C@H](O)C(=O)O.[Ca]. The van der Waals surface area contributed by atoms with Gasteiger partial charge in [0.2, 0.25) is 0 Å². The van der Waals surface area contributed by atoms with E-state index in [1.54, 1.807) is 0 Å². The van der Waals surface area contributed by atoms with Gasteiger partial charge in [0, 0.05) is 37.7 Å². The van der Waals surface area contributed by atoms with Gasteiger partial charge in [0.15, 0.2) is 0 Å². The predicted molar refractivity (Wildman–Crippen MR) is 44.4 cm³/mol. The van der Waals surface area contributed by atoms with Crippen LogP contribution in [0.3, 0.4) is 0 Å². The number of carboxylic acid groups (broad SMARTS) is 2. The zero-order valence-electron chi connectivity index (χ0n) is 7.47. The van der Waals surface area contributed by atoms with Crippen molar-refractivity contribution in [3.05, 3.63) is 0 Å². The van der Waals surface area contributed by atoms with E-state index >= 15 is 0 Å². The molecule has 0 aromatic heterocycles. The van der Waals surface area contributed by atoms with Crippen molar-refractivity contribution < 1.29 is 30.0 Å². The molecule has 0 amide bonds. The Hall–Kier alpha value is 0.120. The summed E-state index contributed by atoms with van der Waals surface area (Å²) in [5.41, 5.74) is 0. The molecule has 0 spiro atoms. The molecule has 74 valence electrons. The standard InChI is InChI=1S/2C3H6O3.Ca/c2*1-2(4)3(5)6;/h2*2,4H,1H3,(H,5,6);/t2*2-;/m00./s1. The number of carbonyl (C=O) groups is 2. The second-order valence-corrected chi connectivity index (χ2v) is 2.03. The van der Waals surface area contributed by atoms with Crippen LogP contribution in [0.25, 0.3) is 0 Å². The Morgan fingerprint density at radius 2 is 1.00 bits per heavy atom. The fraction of sp³-hybridized carbons (Fsp3) is 0.667. The quantitative estimate of drug-likeness (QED) is 0.422. The number of aliphatic hydroxyl groups excluding tert-OH is 2. The number of hydrogen-bond acceptors (Lipinski definition) is 4. The van der Waals surface area contributed by atoms with Crippen LogP contribution in [0.15, 0.2) is 0 Å². The minimum atomic E-state index is -1.23. The molecule has 0 fully saturated rings. The maximum Gasteiger partial charge on any atom is 0.332 e. The number of hydrogen-bond donors (Lipinski definition) is 4. The Kier molecular flexibility index (Phi) is 14.8. The topological polar surface area (TPSA) is 115 Å². The average molecular weight is 220 g/mol. The summed E-state index contributed by atoms with van der Waals surface area (Å²) in [5, 5.41) is 31.5. The van der Waals surface area contributed by atoms with E-state index in [1.807, 2.05) is 0 Å². The van der Waals surface area contributed by atoms with E-state index in [0.29, 0.717) is 0 Å². The summed E-state index contributed by atoms with van der Waals surface area (Å²) in [7, 11) is 0. The first kappa shape index (κ1) is 18.8. The zero-order chi connectivity index (χ0) is 10.3. The van der Waals surface area contributed by atoms with Gasteiger partial charge in [-0.25, -0.2) is 9.59 Å². The third-order valence-electron chi connectivity index (χ3n) is 0.715. The Bertz CT molecular complexity index is 137. The van der Waals surface area contributed by atoms with E-state index in [9.17, 15) is 9.59 Å². The van der Waals surface area contributed by atoms with Crippen LogP contribution in [0.4, 0.5) is 0 Å². The van der Waals surface area contributed by atoms with Crippen molar-refractivity contribution in [1.29, 1.82) is 0 Å². The normalized spacial score (nSPS) is 12.6. The molecule has 0 rings (SSSR count). The summed E-state index contributed by atoms with van der Waals surface area (Å²) in [6.45, 7) is 2.39. The smallest absolute Gasteiger partial charge is 0.332 e. The maximum atomic E-state index is 9.45. The monoisotopic (exact) mass is 220 g/mol. The van der Waals surface area contributed by atoms with Crippen LogP contribution in [-0.4, -0.2) is 82.3 Å². The van der Waals surface area contributed by atoms with Crippen LogP contribution in [0.1, 0.15) is 13.8 Å². The molecule has 2 radical (unpaired) electrons. The predicted octanol–water partition coefficient (Wildman–Crippen LogP) is -1.48. The molecule has 6 nitrogen and oxygen atoms in total. The molecule has 2 atom stereocenters. The Labute approximate surface area is 105 Å². The van der Waals surface area contributed by atoms with Gasteiger partial charge in [0.05, 0.1) is 0 Å². The third kappa shape index (κ3) is 18.8. The first-order valence-electron chi connectivity index (χ1n) is 3.10. The van der Waals surface area contributed by atoms with Gasteiger partial charge < -0.3 is 20.4 Å². The first-order valence-corrected chi connectivity index (χ1v) is 3.10. The van der Waals surface area contributed by atoms with Crippen LogP contribution < -0.4 is 0 Å². The summed E-state index contributed by atoms with van der Waals surface area (Å²) >= 11 is 0. The molecule has 7 heteroatoms. The fourth-order valence-electron chi connectivity index (χ4n) is 0. The first-order chi connectivity index (χ1) is 5.29. The summed E-state index contributed by atoms with van der Waals surface area (Å²) in [4.78, 5) is 18.9. The molecule has 0 aliphatic heterocycles. The van der Waals surface area contributed by atoms with E-state index in [0.717, 1.165) is 0 Å². The molecule has 0 unspecified atom stereocenters. The van der Waals surface area contributed by atoms with Crippen LogP contribution >= 0.6 is 0 Å². The number of carboxylic acids is 2. The van der Waals surface area contributed by atoms with Gasteiger partial charge in [-0.05, 0) is 13.8 Å². The molecular weight excluding hydrogens is 208 g/mol. The minimum absolute atomic E-state index is 0. The number of aliphatic carboxylic acids is 2. The zero-order valence-corrected chi connectivity index (χ0v) is 9.68. The number of aliphatic hydroxyl groups is 2. The Morgan fingerprint density at radius 3 is 1.00 bits per heavy atom. The van der Waals surface area contributed by atoms with E-state index in [-0.39, 0.29) is 37.7 Å². The number of rotatable bonds is 2. The molecule has 0 aliphatic rings. The molecular formula is C6H12CaO6. The minimum Gasteiger partial charge on any atom is -0.479 e. The van der Waals surface area contributed by atoms with Crippen molar-refractivity contribution in [2.75, 3.05) is 0 Å². The van der Waals surface area contributed by atoms with Crippen molar-refractivity contribution in [3.8, 4) is 0 Å². The Balaban J connectivity index is -0.000000143. The van der Waals surface area contributed by atoms with Crippen molar-refractivity contribution in [3.63, 3.8) is 0 Å². The van der Waals surface area contributed by atoms with Gasteiger partial charge >= 0.3 is 11.9 Å². The van der Waals surface area contributed by atoms with Crippen molar-refractivity contribution in [2.24, 2.45) is 0 Å².